The van der Waals surface area contributed by atoms with Gasteiger partial charge in [-0.3, -0.25) is 0 Å². The van der Waals surface area contributed by atoms with Gasteiger partial charge < -0.3 is 5.32 Å². The van der Waals surface area contributed by atoms with Crippen LogP contribution >= 0.6 is 11.6 Å². The molecule has 1 unspecified atom stereocenters. The number of nitrogens with zero attached hydrogens (tertiary/aromatic N) is 1. The van der Waals surface area contributed by atoms with Crippen LogP contribution in [0.25, 0.3) is 0 Å². The molecule has 1 fully saturated rings. The van der Waals surface area contributed by atoms with Crippen molar-refractivity contribution < 1.29 is 8.78 Å². The highest BCUT2D eigenvalue weighted by molar-refractivity contribution is 6.33. The third-order valence-electron chi connectivity index (χ3n) is 1.25. The van der Waals surface area contributed by atoms with E-state index in [1.807, 2.05) is 0 Å². The molecule has 1 heterocycles. The first-order valence-corrected chi connectivity index (χ1v) is 3.33. The van der Waals surface area contributed by atoms with Crippen LogP contribution in [0.3, 0.4) is 0 Å². The fourth-order valence-corrected chi connectivity index (χ4v) is 1.05. The number of aliphatic imine (C=N–C) groups is 1. The molecule has 0 amide bonds. The van der Waals surface area contributed by atoms with Crippen molar-refractivity contribution in [3.05, 3.63) is 0 Å². The van der Waals surface area contributed by atoms with E-state index in [4.69, 9.17) is 11.6 Å². The molecule has 10 heavy (non-hydrogen) atoms. The van der Waals surface area contributed by atoms with Crippen molar-refractivity contribution in [3.8, 4) is 0 Å². The lowest BCUT2D eigenvalue weighted by molar-refractivity contribution is 0.160. The normalized spacial score (nSPS) is 30.4. The summed E-state index contributed by atoms with van der Waals surface area (Å²) >= 11 is 5.60. The van der Waals surface area contributed by atoms with Gasteiger partial charge in [0, 0.05) is 13.1 Å². The predicted octanol–water partition coefficient (Wildman–Crippen LogP) is 0.861. The Hall–Kier alpha value is -0.220. The molecule has 1 saturated heterocycles. The second-order valence-corrected chi connectivity index (χ2v) is 2.52. The highest BCUT2D eigenvalue weighted by atomic mass is 35.5. The lowest BCUT2D eigenvalue weighted by Crippen LogP contribution is -2.12. The Morgan fingerprint density at radius 3 is 2.80 bits per heavy atom. The Bertz CT molecular complexity index is 149. The van der Waals surface area contributed by atoms with Crippen LogP contribution in [0.2, 0.25) is 0 Å². The van der Waals surface area contributed by atoms with Crippen molar-refractivity contribution in [2.75, 3.05) is 13.1 Å². The standard InChI is InChI=1S/C5H7ClF2N2/c6-3-1-9-2-4(3)10-5(7)8/h3,5,9H,1-2H2/b10-4+. The number of alkyl halides is 3. The summed E-state index contributed by atoms with van der Waals surface area (Å²) in [4.78, 5) is 3.05. The number of rotatable bonds is 1. The first-order valence-electron chi connectivity index (χ1n) is 2.89. The quantitative estimate of drug-likeness (QED) is 0.456. The monoisotopic (exact) mass is 168 g/mol. The van der Waals surface area contributed by atoms with Crippen molar-refractivity contribution in [1.82, 2.24) is 5.32 Å². The van der Waals surface area contributed by atoms with E-state index < -0.39 is 6.55 Å². The number of nitrogens with one attached hydrogen (secondary N) is 1. The van der Waals surface area contributed by atoms with E-state index >= 15 is 0 Å². The lowest BCUT2D eigenvalue weighted by atomic mass is 10.3. The maximum absolute atomic E-state index is 11.6. The maximum atomic E-state index is 11.6. The van der Waals surface area contributed by atoms with E-state index in [0.29, 0.717) is 18.8 Å². The molecule has 0 saturated carbocycles. The zero-order chi connectivity index (χ0) is 7.56. The summed E-state index contributed by atoms with van der Waals surface area (Å²) in [7, 11) is 0. The van der Waals surface area contributed by atoms with Gasteiger partial charge >= 0.3 is 6.55 Å². The fourth-order valence-electron chi connectivity index (χ4n) is 0.807. The molecule has 2 nitrogen and oxygen atoms in total. The molecule has 1 rings (SSSR count). The second-order valence-electron chi connectivity index (χ2n) is 2.00. The Balaban J connectivity index is 2.54. The van der Waals surface area contributed by atoms with Crippen molar-refractivity contribution in [1.29, 1.82) is 0 Å². The molecule has 0 aromatic carbocycles. The third kappa shape index (κ3) is 1.88. The second kappa shape index (κ2) is 3.25. The van der Waals surface area contributed by atoms with E-state index in [0.717, 1.165) is 0 Å². The summed E-state index contributed by atoms with van der Waals surface area (Å²) in [6.07, 6.45) is 0. The van der Waals surface area contributed by atoms with Crippen molar-refractivity contribution in [3.63, 3.8) is 0 Å². The average Bonchev–Trinajstić information content (AvgIpc) is 2.15. The zero-order valence-electron chi connectivity index (χ0n) is 5.15. The molecule has 0 spiro atoms. The summed E-state index contributed by atoms with van der Waals surface area (Å²) in [5.74, 6) is 0. The Kier molecular flexibility index (Phi) is 2.56. The van der Waals surface area contributed by atoms with Gasteiger partial charge in [-0.15, -0.1) is 11.6 Å². The molecule has 5 heteroatoms. The molecular formula is C5H7ClF2N2. The predicted molar refractivity (Wildman–Crippen MR) is 35.9 cm³/mol. The minimum Gasteiger partial charge on any atom is -0.310 e. The highest BCUT2D eigenvalue weighted by Crippen LogP contribution is 2.06. The fraction of sp³-hybridized carbons (Fsp3) is 0.800. The Labute approximate surface area is 62.3 Å². The molecule has 0 bridgehead atoms. The van der Waals surface area contributed by atoms with E-state index in [1.54, 1.807) is 0 Å². The van der Waals surface area contributed by atoms with Crippen LogP contribution < -0.4 is 5.32 Å². The van der Waals surface area contributed by atoms with Gasteiger partial charge in [-0.05, 0) is 0 Å². The minimum absolute atomic E-state index is 0.353. The van der Waals surface area contributed by atoms with Crippen LogP contribution in [0.15, 0.2) is 4.99 Å². The van der Waals surface area contributed by atoms with Crippen LogP contribution in [0.1, 0.15) is 0 Å². The van der Waals surface area contributed by atoms with Crippen LogP contribution in [0.5, 0.6) is 0 Å². The first kappa shape index (κ1) is 7.88. The van der Waals surface area contributed by atoms with Crippen molar-refractivity contribution in [2.24, 2.45) is 4.99 Å². The van der Waals surface area contributed by atoms with E-state index in [-0.39, 0.29) is 5.38 Å². The van der Waals surface area contributed by atoms with Crippen molar-refractivity contribution in [2.45, 2.75) is 11.9 Å². The molecule has 1 atom stereocenters. The summed E-state index contributed by atoms with van der Waals surface area (Å²) < 4.78 is 23.2. The Morgan fingerprint density at radius 1 is 1.70 bits per heavy atom. The molecule has 1 N–H and O–H groups in total. The largest absolute Gasteiger partial charge is 0.331 e. The van der Waals surface area contributed by atoms with E-state index in [9.17, 15) is 8.78 Å². The molecule has 58 valence electrons. The van der Waals surface area contributed by atoms with Crippen LogP contribution in [-0.4, -0.2) is 30.7 Å². The van der Waals surface area contributed by atoms with Gasteiger partial charge in [0.05, 0.1) is 11.1 Å². The summed E-state index contributed by atoms with van der Waals surface area (Å²) in [5, 5.41) is 2.48. The minimum atomic E-state index is -2.63. The number of halogens is 3. The van der Waals surface area contributed by atoms with Crippen LogP contribution in [-0.2, 0) is 0 Å². The number of hydrogen-bond donors (Lipinski definition) is 1. The molecule has 0 aromatic heterocycles. The van der Waals surface area contributed by atoms with Gasteiger partial charge in [-0.1, -0.05) is 0 Å². The zero-order valence-corrected chi connectivity index (χ0v) is 5.91. The first-order chi connectivity index (χ1) is 4.70. The highest BCUT2D eigenvalue weighted by Gasteiger charge is 2.20. The van der Waals surface area contributed by atoms with Gasteiger partial charge in [0.2, 0.25) is 0 Å². The Morgan fingerprint density at radius 2 is 2.40 bits per heavy atom. The molecule has 1 aliphatic heterocycles. The molecule has 0 aromatic rings. The third-order valence-corrected chi connectivity index (χ3v) is 1.66. The van der Waals surface area contributed by atoms with Gasteiger partial charge in [0.15, 0.2) is 0 Å². The van der Waals surface area contributed by atoms with Crippen LogP contribution in [0.4, 0.5) is 8.78 Å². The van der Waals surface area contributed by atoms with Gasteiger partial charge in [0.25, 0.3) is 0 Å². The topological polar surface area (TPSA) is 24.4 Å². The molecule has 1 aliphatic rings. The lowest BCUT2D eigenvalue weighted by Gasteiger charge is -1.97. The van der Waals surface area contributed by atoms with Gasteiger partial charge in [0.1, 0.15) is 0 Å². The van der Waals surface area contributed by atoms with E-state index in [2.05, 4.69) is 10.3 Å². The van der Waals surface area contributed by atoms with Gasteiger partial charge in [-0.25, -0.2) is 4.99 Å². The maximum Gasteiger partial charge on any atom is 0.331 e. The van der Waals surface area contributed by atoms with Gasteiger partial charge in [-0.2, -0.15) is 8.78 Å². The summed E-state index contributed by atoms with van der Waals surface area (Å²) in [6.45, 7) is -1.71. The smallest absolute Gasteiger partial charge is 0.310 e. The van der Waals surface area contributed by atoms with E-state index in [1.165, 1.54) is 0 Å². The van der Waals surface area contributed by atoms with Crippen molar-refractivity contribution >= 4 is 17.3 Å². The average molecular weight is 169 g/mol. The molecular weight excluding hydrogens is 162 g/mol. The number of hydrogen-bond acceptors (Lipinski definition) is 2. The molecule has 0 aliphatic carbocycles. The summed E-state index contributed by atoms with van der Waals surface area (Å²) in [6, 6.07) is 0. The molecule has 0 radical (unpaired) electrons. The van der Waals surface area contributed by atoms with Crippen LogP contribution in [0, 0.1) is 0 Å². The summed E-state index contributed by atoms with van der Waals surface area (Å²) in [5.41, 5.74) is 0.358. The SMILES string of the molecule is FC(F)/N=C1\CNCC1Cl.